The first kappa shape index (κ1) is 23.1. The van der Waals surface area contributed by atoms with Crippen LogP contribution in [0.15, 0.2) is 0 Å². The fraction of sp³-hybridized carbons (Fsp3) is 1.00. The molecule has 6 rings (SSSR count). The Morgan fingerprint density at radius 3 is 2.36 bits per heavy atom. The number of hydrogen-bond donors (Lipinski definition) is 3. The van der Waals surface area contributed by atoms with Crippen LogP contribution in [0.4, 0.5) is 0 Å². The van der Waals surface area contributed by atoms with E-state index in [-0.39, 0.29) is 54.6 Å². The van der Waals surface area contributed by atoms with Crippen molar-refractivity contribution in [3.05, 3.63) is 0 Å². The molecule has 6 fully saturated rings. The molecule has 5 aliphatic carbocycles. The molecular formula is C25H41NO7. The van der Waals surface area contributed by atoms with Crippen LogP contribution in [0.25, 0.3) is 0 Å². The van der Waals surface area contributed by atoms with E-state index in [0.717, 1.165) is 25.8 Å². The Morgan fingerprint density at radius 1 is 1.03 bits per heavy atom. The van der Waals surface area contributed by atoms with E-state index in [4.69, 9.17) is 18.9 Å². The first-order chi connectivity index (χ1) is 15.8. The first-order valence-electron chi connectivity index (χ1n) is 12.7. The summed E-state index contributed by atoms with van der Waals surface area (Å²) in [5, 5.41) is 36.6. The minimum atomic E-state index is -1.52. The van der Waals surface area contributed by atoms with Crippen LogP contribution in [0.5, 0.6) is 0 Å². The highest BCUT2D eigenvalue weighted by Crippen LogP contribution is 2.80. The van der Waals surface area contributed by atoms with E-state index in [1.807, 2.05) is 0 Å². The number of piperidine rings is 1. The number of aliphatic hydroxyl groups excluding tert-OH is 1. The zero-order valence-corrected chi connectivity index (χ0v) is 20.6. The molecule has 8 heteroatoms. The SMILES string of the molecule is CCN1C[C@]2(CO)CC[C@H](OC)[C@]34[C@@H]5C[C@H]6[C@H](OC)[C@@H]5[C@](O)(C[C@@H]6OC)[C@@](O)([C@@H](OC)[C@@H]23)[C@@H]14. The molecule has 13 atom stereocenters. The number of ether oxygens (including phenoxy) is 4. The summed E-state index contributed by atoms with van der Waals surface area (Å²) >= 11 is 0. The summed E-state index contributed by atoms with van der Waals surface area (Å²) in [4.78, 5) is 2.33. The second-order valence-corrected chi connectivity index (χ2v) is 11.8. The van der Waals surface area contributed by atoms with Gasteiger partial charge in [0.15, 0.2) is 0 Å². The van der Waals surface area contributed by atoms with Gasteiger partial charge in [-0.3, -0.25) is 4.90 Å². The Balaban J connectivity index is 1.68. The highest BCUT2D eigenvalue weighted by Gasteiger charge is 2.91. The minimum absolute atomic E-state index is 0.0443. The largest absolute Gasteiger partial charge is 0.396 e. The van der Waals surface area contributed by atoms with Crippen LogP contribution in [0.1, 0.15) is 32.6 Å². The number of methoxy groups -OCH3 is 4. The predicted molar refractivity (Wildman–Crippen MR) is 119 cm³/mol. The lowest BCUT2D eigenvalue weighted by Gasteiger charge is -2.70. The maximum absolute atomic E-state index is 13.0. The third-order valence-electron chi connectivity index (χ3n) is 11.6. The van der Waals surface area contributed by atoms with Crippen LogP contribution in [0, 0.1) is 34.5 Å². The van der Waals surface area contributed by atoms with Gasteiger partial charge >= 0.3 is 0 Å². The van der Waals surface area contributed by atoms with E-state index >= 15 is 0 Å². The minimum Gasteiger partial charge on any atom is -0.396 e. The number of aliphatic hydroxyl groups is 3. The summed E-state index contributed by atoms with van der Waals surface area (Å²) < 4.78 is 24.5. The topological polar surface area (TPSA) is 101 Å². The molecule has 0 aromatic carbocycles. The number of likely N-dealkylation sites (N-methyl/N-ethyl adjacent to an activating group) is 1. The van der Waals surface area contributed by atoms with Crippen molar-refractivity contribution in [3.63, 3.8) is 0 Å². The van der Waals surface area contributed by atoms with E-state index < -0.39 is 28.1 Å². The predicted octanol–water partition coefficient (Wildman–Crippen LogP) is 0.271. The number of rotatable bonds is 6. The Bertz CT molecular complexity index is 814. The second-order valence-electron chi connectivity index (χ2n) is 11.8. The van der Waals surface area contributed by atoms with Crippen molar-refractivity contribution in [1.82, 2.24) is 4.90 Å². The normalized spacial score (nSPS) is 60.9. The van der Waals surface area contributed by atoms with Gasteiger partial charge in [0, 0.05) is 70.0 Å². The first-order valence-corrected chi connectivity index (χ1v) is 12.7. The van der Waals surface area contributed by atoms with Crippen molar-refractivity contribution in [1.29, 1.82) is 0 Å². The quantitative estimate of drug-likeness (QED) is 0.512. The summed E-state index contributed by atoms with van der Waals surface area (Å²) in [6, 6.07) is -0.312. The molecule has 7 bridgehead atoms. The zero-order valence-electron chi connectivity index (χ0n) is 20.6. The monoisotopic (exact) mass is 467 g/mol. The van der Waals surface area contributed by atoms with Gasteiger partial charge in [0.1, 0.15) is 11.2 Å². The van der Waals surface area contributed by atoms with Crippen LogP contribution in [-0.4, -0.2) is 110 Å². The van der Waals surface area contributed by atoms with E-state index in [9.17, 15) is 15.3 Å². The lowest BCUT2D eigenvalue weighted by Crippen LogP contribution is -2.82. The molecule has 1 heterocycles. The molecule has 6 aliphatic rings. The highest BCUT2D eigenvalue weighted by molar-refractivity contribution is 5.41. The van der Waals surface area contributed by atoms with E-state index in [0.29, 0.717) is 13.0 Å². The standard InChI is InChI=1S/C25H41NO7/c1-6-26-11-22(12-27)8-7-16(31-3)24-14-9-13-15(30-2)10-23(28,17(14)18(13)32-4)25(29,21(24)26)20(33-5)19(22)24/h13-21,27-29H,6-12H2,1-5H3/t13-,14-,15+,16+,17-,18+,19+,20+,21+,22+,23-,24-,25-/m1/s1. The summed E-state index contributed by atoms with van der Waals surface area (Å²) in [5.74, 6) is -0.0916. The fourth-order valence-electron chi connectivity index (χ4n) is 11.0. The van der Waals surface area contributed by atoms with Crippen molar-refractivity contribution in [3.8, 4) is 0 Å². The highest BCUT2D eigenvalue weighted by atomic mass is 16.5. The van der Waals surface area contributed by atoms with Crippen molar-refractivity contribution in [2.45, 2.75) is 74.3 Å². The molecule has 0 radical (unpaired) electrons. The van der Waals surface area contributed by atoms with Gasteiger partial charge in [-0.15, -0.1) is 0 Å². The van der Waals surface area contributed by atoms with Gasteiger partial charge in [0.2, 0.25) is 0 Å². The number of likely N-dealkylation sites (tertiary alicyclic amines) is 1. The Hall–Kier alpha value is -0.320. The molecule has 3 N–H and O–H groups in total. The molecule has 188 valence electrons. The van der Waals surface area contributed by atoms with Gasteiger partial charge in [-0.25, -0.2) is 0 Å². The molecular weight excluding hydrogens is 426 g/mol. The van der Waals surface area contributed by atoms with Crippen LogP contribution in [0.3, 0.4) is 0 Å². The lowest BCUT2D eigenvalue weighted by atomic mass is 9.42. The van der Waals surface area contributed by atoms with Crippen molar-refractivity contribution < 1.29 is 34.3 Å². The Labute approximate surface area is 196 Å². The molecule has 8 nitrogen and oxygen atoms in total. The molecule has 1 saturated heterocycles. The molecule has 0 amide bonds. The molecule has 0 aromatic heterocycles. The molecule has 33 heavy (non-hydrogen) atoms. The lowest BCUT2D eigenvalue weighted by molar-refractivity contribution is -0.320. The third kappa shape index (κ3) is 2.16. The fourth-order valence-corrected chi connectivity index (χ4v) is 11.0. The van der Waals surface area contributed by atoms with Gasteiger partial charge in [-0.2, -0.15) is 0 Å². The van der Waals surface area contributed by atoms with Crippen molar-refractivity contribution >= 4 is 0 Å². The van der Waals surface area contributed by atoms with E-state index in [1.54, 1.807) is 28.4 Å². The van der Waals surface area contributed by atoms with Crippen LogP contribution < -0.4 is 0 Å². The van der Waals surface area contributed by atoms with Gasteiger partial charge in [0.05, 0.1) is 37.1 Å². The van der Waals surface area contributed by atoms with Crippen LogP contribution in [0.2, 0.25) is 0 Å². The molecule has 5 saturated carbocycles. The molecule has 0 aromatic rings. The molecule has 0 unspecified atom stereocenters. The maximum atomic E-state index is 13.0. The van der Waals surface area contributed by atoms with E-state index in [1.165, 1.54) is 0 Å². The van der Waals surface area contributed by atoms with Gasteiger partial charge in [-0.1, -0.05) is 6.92 Å². The van der Waals surface area contributed by atoms with Gasteiger partial charge in [-0.05, 0) is 31.7 Å². The van der Waals surface area contributed by atoms with Crippen molar-refractivity contribution in [2.75, 3.05) is 48.1 Å². The van der Waals surface area contributed by atoms with Crippen LogP contribution >= 0.6 is 0 Å². The number of nitrogens with zero attached hydrogens (tertiary/aromatic N) is 1. The summed E-state index contributed by atoms with van der Waals surface area (Å²) in [6.07, 6.45) is 1.81. The number of fused-ring (bicyclic) bond motifs is 2. The van der Waals surface area contributed by atoms with Crippen molar-refractivity contribution in [2.24, 2.45) is 34.5 Å². The number of hydrogen-bond acceptors (Lipinski definition) is 8. The molecule has 1 aliphatic heterocycles. The van der Waals surface area contributed by atoms with Crippen LogP contribution in [-0.2, 0) is 18.9 Å². The van der Waals surface area contributed by atoms with Gasteiger partial charge < -0.3 is 34.3 Å². The molecule has 1 spiro atoms. The summed E-state index contributed by atoms with van der Waals surface area (Å²) in [5.41, 5.74) is -3.78. The average Bonchev–Trinajstić information content (AvgIpc) is 3.24. The van der Waals surface area contributed by atoms with Gasteiger partial charge in [0.25, 0.3) is 0 Å². The zero-order chi connectivity index (χ0) is 23.6. The third-order valence-corrected chi connectivity index (χ3v) is 11.6. The maximum Gasteiger partial charge on any atom is 0.136 e. The summed E-state index contributed by atoms with van der Waals surface area (Å²) in [6.45, 7) is 3.59. The Morgan fingerprint density at radius 2 is 1.79 bits per heavy atom. The smallest absolute Gasteiger partial charge is 0.136 e. The second kappa shape index (κ2) is 7.13. The van der Waals surface area contributed by atoms with E-state index in [2.05, 4.69) is 11.8 Å². The average molecular weight is 468 g/mol. The Kier molecular flexibility index (Phi) is 4.99. The summed E-state index contributed by atoms with van der Waals surface area (Å²) in [7, 11) is 6.85.